The van der Waals surface area contributed by atoms with E-state index in [1.165, 1.54) is 77.0 Å². The van der Waals surface area contributed by atoms with Crippen molar-refractivity contribution in [3.8, 4) is 5.75 Å². The van der Waals surface area contributed by atoms with Crippen molar-refractivity contribution in [2.45, 2.75) is 141 Å². The van der Waals surface area contributed by atoms with Crippen LogP contribution in [0, 0.1) is 0 Å². The molecule has 0 spiro atoms. The summed E-state index contributed by atoms with van der Waals surface area (Å²) in [7, 11) is -4.19. The lowest BCUT2D eigenvalue weighted by Crippen LogP contribution is -2.43. The summed E-state index contributed by atoms with van der Waals surface area (Å²) in [4.78, 5) is 25.7. The first kappa shape index (κ1) is 38.2. The molecule has 2 heterocycles. The van der Waals surface area contributed by atoms with Crippen molar-refractivity contribution in [2.24, 2.45) is 0 Å². The summed E-state index contributed by atoms with van der Waals surface area (Å²) < 4.78 is 52.5. The van der Waals surface area contributed by atoms with Crippen molar-refractivity contribution >= 4 is 7.82 Å². The zero-order valence-corrected chi connectivity index (χ0v) is 28.5. The SMILES string of the molecule is CCCCCCCCCCCCCCCCCCOP(=O)(OCC1OC(n2ccc(=O)[nH]c2=O)C(C)(F)C1O)Oc1ccccc1. The fraction of sp³-hybridized carbons (Fsp3) is 0.706. The predicted molar refractivity (Wildman–Crippen MR) is 177 cm³/mol. The van der Waals surface area contributed by atoms with Gasteiger partial charge in [-0.15, -0.1) is 0 Å². The summed E-state index contributed by atoms with van der Waals surface area (Å²) in [5.74, 6) is 0.263. The van der Waals surface area contributed by atoms with Crippen molar-refractivity contribution in [2.75, 3.05) is 13.2 Å². The van der Waals surface area contributed by atoms with Gasteiger partial charge in [-0.05, 0) is 25.5 Å². The molecule has 10 nitrogen and oxygen atoms in total. The average molecular weight is 669 g/mol. The molecule has 0 amide bonds. The van der Waals surface area contributed by atoms with Gasteiger partial charge in [0.05, 0.1) is 13.2 Å². The Bertz CT molecular complexity index is 1290. The van der Waals surface area contributed by atoms with E-state index in [-0.39, 0.29) is 12.4 Å². The number of rotatable bonds is 24. The molecule has 1 saturated heterocycles. The molecule has 2 N–H and O–H groups in total. The molecule has 3 rings (SSSR count). The summed E-state index contributed by atoms with van der Waals surface area (Å²) >= 11 is 0. The van der Waals surface area contributed by atoms with Crippen LogP contribution in [0.2, 0.25) is 0 Å². The summed E-state index contributed by atoms with van der Waals surface area (Å²) in [5.41, 5.74) is -3.97. The van der Waals surface area contributed by atoms with Crippen LogP contribution < -0.4 is 15.8 Å². The predicted octanol–water partition coefficient (Wildman–Crippen LogP) is 8.00. The van der Waals surface area contributed by atoms with E-state index in [0.29, 0.717) is 6.42 Å². The van der Waals surface area contributed by atoms with Crippen LogP contribution in [0.25, 0.3) is 0 Å². The van der Waals surface area contributed by atoms with Crippen LogP contribution in [-0.4, -0.2) is 45.7 Å². The number of phosphoric ester groups is 1. The van der Waals surface area contributed by atoms with E-state index in [9.17, 15) is 19.3 Å². The number of halogens is 1. The number of nitrogens with one attached hydrogen (secondary N) is 1. The molecule has 260 valence electrons. The molecule has 5 atom stereocenters. The van der Waals surface area contributed by atoms with Gasteiger partial charge in [0.2, 0.25) is 0 Å². The third-order valence-electron chi connectivity index (χ3n) is 8.43. The lowest BCUT2D eigenvalue weighted by atomic mass is 9.98. The molecule has 0 radical (unpaired) electrons. The number of aliphatic hydroxyl groups excluding tert-OH is 1. The van der Waals surface area contributed by atoms with Gasteiger partial charge >= 0.3 is 13.5 Å². The number of aromatic amines is 1. The molecule has 1 aromatic heterocycles. The van der Waals surface area contributed by atoms with E-state index in [1.54, 1.807) is 30.3 Å². The van der Waals surface area contributed by atoms with Crippen LogP contribution in [0.1, 0.15) is 123 Å². The normalized spacial score (nSPS) is 22.6. The largest absolute Gasteiger partial charge is 0.530 e. The minimum Gasteiger partial charge on any atom is -0.404 e. The van der Waals surface area contributed by atoms with E-state index >= 15 is 4.39 Å². The Morgan fingerprint density at radius 2 is 1.41 bits per heavy atom. The number of unbranched alkanes of at least 4 members (excludes halogenated alkanes) is 15. The minimum atomic E-state index is -4.19. The number of hydrogen-bond donors (Lipinski definition) is 2. The first-order chi connectivity index (χ1) is 22.2. The molecule has 0 bridgehead atoms. The molecule has 46 heavy (non-hydrogen) atoms. The lowest BCUT2D eigenvalue weighted by molar-refractivity contribution is -0.0609. The number of phosphoric acid groups is 1. The number of aliphatic hydroxyl groups is 1. The molecule has 2 aromatic rings. The van der Waals surface area contributed by atoms with E-state index in [0.717, 1.165) is 43.0 Å². The molecule has 1 aliphatic heterocycles. The Balaban J connectivity index is 1.38. The molecule has 5 unspecified atom stereocenters. The van der Waals surface area contributed by atoms with Gasteiger partial charge in [-0.3, -0.25) is 23.4 Å². The highest BCUT2D eigenvalue weighted by atomic mass is 31.2. The standard InChI is InChI=1S/C34H54FN2O8P/c1-3-4-5-6-7-8-9-10-11-12-13-14-15-16-17-21-26-42-46(41,45-28-22-19-18-20-23-28)43-27-29-31(39)34(2,35)32(44-29)37-25-24-30(38)36-33(37)40/h18-20,22-25,29,31-32,39H,3-17,21,26-27H2,1-2H3,(H,36,38,40). The van der Waals surface area contributed by atoms with Crippen molar-refractivity contribution in [3.05, 3.63) is 63.4 Å². The van der Waals surface area contributed by atoms with E-state index in [4.69, 9.17) is 18.3 Å². The van der Waals surface area contributed by atoms with Crippen LogP contribution in [0.15, 0.2) is 52.2 Å². The van der Waals surface area contributed by atoms with Gasteiger partial charge in [-0.25, -0.2) is 13.8 Å². The fourth-order valence-corrected chi connectivity index (χ4v) is 6.90. The number of alkyl halides is 1. The summed E-state index contributed by atoms with van der Waals surface area (Å²) in [6.45, 7) is 2.93. The smallest absolute Gasteiger partial charge is 0.404 e. The quantitative estimate of drug-likeness (QED) is 0.0851. The molecular weight excluding hydrogens is 614 g/mol. The Hall–Kier alpha value is -2.30. The fourth-order valence-electron chi connectivity index (χ4n) is 5.65. The zero-order chi connectivity index (χ0) is 33.3. The van der Waals surface area contributed by atoms with Crippen LogP contribution >= 0.6 is 7.82 Å². The van der Waals surface area contributed by atoms with E-state index in [1.807, 2.05) is 4.98 Å². The number of ether oxygens (including phenoxy) is 1. The first-order valence-electron chi connectivity index (χ1n) is 17.1. The van der Waals surface area contributed by atoms with Gasteiger partial charge in [0.25, 0.3) is 5.56 Å². The maximum Gasteiger partial charge on any atom is 0.530 e. The highest BCUT2D eigenvalue weighted by molar-refractivity contribution is 7.48. The number of para-hydroxylation sites is 1. The van der Waals surface area contributed by atoms with Gasteiger partial charge in [0.1, 0.15) is 18.0 Å². The highest BCUT2D eigenvalue weighted by Crippen LogP contribution is 2.51. The Labute approximate surface area is 272 Å². The Morgan fingerprint density at radius 3 is 1.96 bits per heavy atom. The maximum absolute atomic E-state index is 15.6. The molecule has 1 aliphatic rings. The van der Waals surface area contributed by atoms with Crippen molar-refractivity contribution in [1.29, 1.82) is 0 Å². The van der Waals surface area contributed by atoms with Gasteiger partial charge in [0, 0.05) is 12.3 Å². The second-order valence-corrected chi connectivity index (χ2v) is 14.0. The van der Waals surface area contributed by atoms with Gasteiger partial charge in [0.15, 0.2) is 11.9 Å². The van der Waals surface area contributed by atoms with E-state index in [2.05, 4.69) is 6.92 Å². The first-order valence-corrected chi connectivity index (χ1v) is 18.6. The minimum absolute atomic E-state index is 0.132. The van der Waals surface area contributed by atoms with Crippen molar-refractivity contribution in [1.82, 2.24) is 9.55 Å². The van der Waals surface area contributed by atoms with Crippen LogP contribution in [-0.2, 0) is 18.3 Å². The number of aromatic nitrogens is 2. The van der Waals surface area contributed by atoms with Crippen LogP contribution in [0.3, 0.4) is 0 Å². The molecule has 0 aliphatic carbocycles. The van der Waals surface area contributed by atoms with E-state index < -0.39 is 49.8 Å². The molecule has 1 fully saturated rings. The zero-order valence-electron chi connectivity index (χ0n) is 27.6. The average Bonchev–Trinajstić information content (AvgIpc) is 3.25. The third-order valence-corrected chi connectivity index (χ3v) is 9.82. The van der Waals surface area contributed by atoms with Crippen molar-refractivity contribution < 1.29 is 32.4 Å². The maximum atomic E-state index is 15.6. The number of hydrogen-bond acceptors (Lipinski definition) is 8. The summed E-state index contributed by atoms with van der Waals surface area (Å²) in [5, 5.41) is 10.7. The molecule has 12 heteroatoms. The van der Waals surface area contributed by atoms with Crippen LogP contribution in [0.5, 0.6) is 5.75 Å². The number of benzene rings is 1. The number of H-pyrrole nitrogens is 1. The lowest BCUT2D eigenvalue weighted by Gasteiger charge is -2.24. The van der Waals surface area contributed by atoms with Gasteiger partial charge in [-0.2, -0.15) is 0 Å². The second kappa shape index (κ2) is 20.2. The molecule has 0 saturated carbocycles. The molecular formula is C34H54FN2O8P. The van der Waals surface area contributed by atoms with Crippen molar-refractivity contribution in [3.63, 3.8) is 0 Å². The van der Waals surface area contributed by atoms with Gasteiger partial charge in [-0.1, -0.05) is 121 Å². The Kier molecular flexibility index (Phi) is 16.7. The highest BCUT2D eigenvalue weighted by Gasteiger charge is 2.55. The van der Waals surface area contributed by atoms with Crippen LogP contribution in [0.4, 0.5) is 4.39 Å². The monoisotopic (exact) mass is 668 g/mol. The Morgan fingerprint density at radius 1 is 0.870 bits per heavy atom. The summed E-state index contributed by atoms with van der Waals surface area (Å²) in [6, 6.07) is 9.45. The third kappa shape index (κ3) is 12.7. The number of nitrogens with zero attached hydrogens (tertiary/aromatic N) is 1. The van der Waals surface area contributed by atoms with Gasteiger partial charge < -0.3 is 14.4 Å². The topological polar surface area (TPSA) is 129 Å². The molecule has 1 aromatic carbocycles. The summed E-state index contributed by atoms with van der Waals surface area (Å²) in [6.07, 6.45) is 16.2. The second-order valence-electron chi connectivity index (χ2n) is 12.4.